The number of hydrogen-bond donors (Lipinski definition) is 3. The number of carboxylic acid groups (broad SMARTS) is 1. The summed E-state index contributed by atoms with van der Waals surface area (Å²) in [5.41, 5.74) is 0.674. The number of hydrogen-bond acceptors (Lipinski definition) is 4. The van der Waals surface area contributed by atoms with E-state index in [1.807, 2.05) is 19.1 Å². The zero-order valence-electron chi connectivity index (χ0n) is 12.9. The number of nitrogens with zero attached hydrogens (tertiary/aromatic N) is 1. The molecule has 120 valence electrons. The van der Waals surface area contributed by atoms with Crippen LogP contribution in [0.1, 0.15) is 26.7 Å². The van der Waals surface area contributed by atoms with E-state index in [9.17, 15) is 19.8 Å². The summed E-state index contributed by atoms with van der Waals surface area (Å²) in [6.45, 7) is 4.54. The van der Waals surface area contributed by atoms with Crippen LogP contribution in [0.15, 0.2) is 12.2 Å². The van der Waals surface area contributed by atoms with Crippen molar-refractivity contribution < 1.29 is 24.4 Å². The fourth-order valence-corrected chi connectivity index (χ4v) is 4.23. The van der Waals surface area contributed by atoms with Crippen LogP contribution in [-0.4, -0.2) is 57.1 Å². The first-order valence-corrected chi connectivity index (χ1v) is 7.96. The number of amides is 1. The Morgan fingerprint density at radius 1 is 1.50 bits per heavy atom. The Morgan fingerprint density at radius 2 is 2.23 bits per heavy atom. The van der Waals surface area contributed by atoms with Gasteiger partial charge in [0.1, 0.15) is 0 Å². The molecule has 6 heteroatoms. The molecule has 1 saturated heterocycles. The van der Waals surface area contributed by atoms with Gasteiger partial charge >= 0.3 is 6.09 Å². The van der Waals surface area contributed by atoms with Gasteiger partial charge in [0, 0.05) is 12.1 Å². The number of carbonyl (C=O) groups excluding carboxylic acids is 1. The first-order chi connectivity index (χ1) is 10.4. The zero-order chi connectivity index (χ0) is 16.0. The van der Waals surface area contributed by atoms with Crippen LogP contribution >= 0.6 is 0 Å². The van der Waals surface area contributed by atoms with Gasteiger partial charge in [-0.05, 0) is 26.3 Å². The Balaban J connectivity index is 1.90. The molecule has 0 bridgehead atoms. The van der Waals surface area contributed by atoms with Crippen molar-refractivity contribution >= 4 is 17.6 Å². The largest absolute Gasteiger partial charge is 0.594 e. The van der Waals surface area contributed by atoms with Crippen molar-refractivity contribution in [1.82, 2.24) is 5.32 Å². The molecule has 6 atom stereocenters. The van der Waals surface area contributed by atoms with Crippen molar-refractivity contribution in [3.8, 4) is 0 Å². The van der Waals surface area contributed by atoms with Crippen molar-refractivity contribution in [1.29, 1.82) is 0 Å². The molecule has 1 aliphatic carbocycles. The van der Waals surface area contributed by atoms with Crippen LogP contribution in [0.25, 0.3) is 0 Å². The molecule has 0 radical (unpaired) electrons. The molecule has 0 aromatic rings. The van der Waals surface area contributed by atoms with Gasteiger partial charge < -0.3 is 15.5 Å². The number of aliphatic hydroxyl groups excluding tert-OH is 1. The number of aliphatic hydroxyl groups is 1. The molecule has 0 aromatic heterocycles. The van der Waals surface area contributed by atoms with Gasteiger partial charge in [0.15, 0.2) is 5.71 Å². The highest BCUT2D eigenvalue weighted by Crippen LogP contribution is 2.45. The van der Waals surface area contributed by atoms with Crippen LogP contribution in [0, 0.1) is 17.8 Å². The number of Topliss-reactive ketones (excluding diaryl/α,β-unsaturated/α-hetero) is 1. The van der Waals surface area contributed by atoms with E-state index < -0.39 is 24.2 Å². The highest BCUT2D eigenvalue weighted by molar-refractivity contribution is 6.04. The number of allylic oxidation sites excluding steroid dienone is 1. The molecule has 2 fully saturated rings. The second kappa shape index (κ2) is 5.59. The lowest BCUT2D eigenvalue weighted by molar-refractivity contribution is -0.481. The van der Waals surface area contributed by atoms with Crippen LogP contribution in [-0.2, 0) is 4.79 Å². The van der Waals surface area contributed by atoms with Crippen molar-refractivity contribution in [2.75, 3.05) is 6.54 Å². The van der Waals surface area contributed by atoms with Gasteiger partial charge in [-0.25, -0.2) is 0 Å². The summed E-state index contributed by atoms with van der Waals surface area (Å²) in [5, 5.41) is 22.6. The molecule has 1 unspecified atom stereocenters. The van der Waals surface area contributed by atoms with E-state index in [-0.39, 0.29) is 23.7 Å². The van der Waals surface area contributed by atoms with Gasteiger partial charge in [-0.1, -0.05) is 13.0 Å². The number of carbonyl (C=O) groups is 2. The molecule has 3 aliphatic rings. The fourth-order valence-electron chi connectivity index (χ4n) is 4.23. The average Bonchev–Trinajstić information content (AvgIpc) is 3.02. The molecule has 3 rings (SSSR count). The van der Waals surface area contributed by atoms with Crippen LogP contribution in [0.5, 0.6) is 0 Å². The minimum absolute atomic E-state index is 0.0453. The summed E-state index contributed by atoms with van der Waals surface area (Å²) in [6, 6.07) is -0.347. The van der Waals surface area contributed by atoms with Crippen molar-refractivity contribution in [2.24, 2.45) is 17.8 Å². The van der Waals surface area contributed by atoms with Gasteiger partial charge in [-0.3, -0.25) is 4.79 Å². The number of fused-ring (bicyclic) bond motifs is 1. The van der Waals surface area contributed by atoms with E-state index in [0.29, 0.717) is 5.71 Å². The second-order valence-electron chi connectivity index (χ2n) is 6.62. The van der Waals surface area contributed by atoms with Gasteiger partial charge in [0.2, 0.25) is 11.8 Å². The van der Waals surface area contributed by atoms with Crippen molar-refractivity contribution in [3.63, 3.8) is 0 Å². The van der Waals surface area contributed by atoms with E-state index in [0.717, 1.165) is 19.4 Å². The van der Waals surface area contributed by atoms with Gasteiger partial charge in [-0.15, -0.1) is 4.58 Å². The summed E-state index contributed by atoms with van der Waals surface area (Å²) in [4.78, 5) is 23.8. The monoisotopic (exact) mass is 307 g/mol. The molecule has 2 aliphatic heterocycles. The minimum atomic E-state index is -1.09. The minimum Gasteiger partial charge on any atom is -0.427 e. The third kappa shape index (κ3) is 2.21. The second-order valence-corrected chi connectivity index (χ2v) is 6.62. The normalized spacial score (nSPS) is 39.2. The third-order valence-electron chi connectivity index (χ3n) is 5.32. The Labute approximate surface area is 129 Å². The number of rotatable bonds is 3. The summed E-state index contributed by atoms with van der Waals surface area (Å²) < 4.78 is 1.21. The highest BCUT2D eigenvalue weighted by atomic mass is 16.4. The maximum absolute atomic E-state index is 12.2. The third-order valence-corrected chi connectivity index (χ3v) is 5.32. The maximum atomic E-state index is 12.2. The van der Waals surface area contributed by atoms with Crippen molar-refractivity contribution in [3.05, 3.63) is 12.2 Å². The first kappa shape index (κ1) is 15.4. The Kier molecular flexibility index (Phi) is 3.91. The lowest BCUT2D eigenvalue weighted by Gasteiger charge is -2.37. The molecule has 22 heavy (non-hydrogen) atoms. The summed E-state index contributed by atoms with van der Waals surface area (Å²) >= 11 is 0. The van der Waals surface area contributed by atoms with E-state index >= 15 is 0 Å². The molecule has 0 spiro atoms. The van der Waals surface area contributed by atoms with Gasteiger partial charge in [0.05, 0.1) is 23.9 Å². The van der Waals surface area contributed by atoms with Crippen LogP contribution in [0.2, 0.25) is 0 Å². The topological polar surface area (TPSA) is 89.6 Å². The molecule has 1 saturated carbocycles. The van der Waals surface area contributed by atoms with Crippen LogP contribution in [0.4, 0.5) is 4.79 Å². The molecule has 1 amide bonds. The van der Waals surface area contributed by atoms with Crippen molar-refractivity contribution in [2.45, 2.75) is 44.9 Å². The molecule has 0 aromatic carbocycles. The predicted octanol–water partition coefficient (Wildman–Crippen LogP) is 0.640. The quantitative estimate of drug-likeness (QED) is 0.666. The molecule has 6 nitrogen and oxygen atoms in total. The SMILES string of the molecule is C[C@@H]1C(/C=C/[C@@H]2CCCN2)=[N+](C(=O)O)C2C(=O)[C@H]([C@@H](C)O)[C@H]21. The van der Waals surface area contributed by atoms with E-state index in [4.69, 9.17) is 0 Å². The number of nitrogens with one attached hydrogen (secondary N) is 1. The van der Waals surface area contributed by atoms with Gasteiger partial charge in [-0.2, -0.15) is 4.79 Å². The summed E-state index contributed by atoms with van der Waals surface area (Å²) in [7, 11) is 0. The molecule has 3 N–H and O–H groups in total. The first-order valence-electron chi connectivity index (χ1n) is 7.96. The molecular formula is C16H23N2O4+. The van der Waals surface area contributed by atoms with E-state index in [2.05, 4.69) is 5.32 Å². The molecular weight excluding hydrogens is 284 g/mol. The van der Waals surface area contributed by atoms with Crippen LogP contribution in [0.3, 0.4) is 0 Å². The zero-order valence-corrected chi connectivity index (χ0v) is 12.9. The van der Waals surface area contributed by atoms with E-state index in [1.54, 1.807) is 6.92 Å². The smallest absolute Gasteiger partial charge is 0.427 e. The molecule has 2 heterocycles. The summed E-state index contributed by atoms with van der Waals surface area (Å²) in [6.07, 6.45) is 4.21. The summed E-state index contributed by atoms with van der Waals surface area (Å²) in [5.74, 6) is -0.759. The van der Waals surface area contributed by atoms with Crippen LogP contribution < -0.4 is 5.32 Å². The standard InChI is InChI=1S/C16H22N2O4/c1-8-11(6-5-10-4-3-7-17-10)18(16(21)22)14-12(8)13(9(2)19)15(14)20/h5-6,8-10,12-14,17,19H,3-4,7H2,1-2H3/p+1/b6-5+/t8-,9-,10+,12-,13-,14?/m1/s1. The van der Waals surface area contributed by atoms with Gasteiger partial charge in [0.25, 0.3) is 0 Å². The van der Waals surface area contributed by atoms with E-state index in [1.165, 1.54) is 4.58 Å². The Hall–Kier alpha value is -1.53. The lowest BCUT2D eigenvalue weighted by atomic mass is 9.62. The predicted molar refractivity (Wildman–Crippen MR) is 80.1 cm³/mol. The Morgan fingerprint density at radius 3 is 2.77 bits per heavy atom. The number of ketones is 1. The highest BCUT2D eigenvalue weighted by Gasteiger charge is 2.67. The Bertz CT molecular complexity index is 560. The lowest BCUT2D eigenvalue weighted by Crippen LogP contribution is -2.59. The fraction of sp³-hybridized carbons (Fsp3) is 0.688. The average molecular weight is 307 g/mol. The maximum Gasteiger partial charge on any atom is 0.594 e.